The number of rotatable bonds is 2. The Balaban J connectivity index is 2.05. The van der Waals surface area contributed by atoms with Crippen LogP contribution in [0.2, 0.25) is 0 Å². The van der Waals surface area contributed by atoms with Gasteiger partial charge in [0.1, 0.15) is 17.3 Å². The van der Waals surface area contributed by atoms with Crippen molar-refractivity contribution in [1.29, 1.82) is 0 Å². The third-order valence-corrected chi connectivity index (χ3v) is 3.45. The maximum Gasteiger partial charge on any atom is 0.231 e. The minimum absolute atomic E-state index is 0.117. The summed E-state index contributed by atoms with van der Waals surface area (Å²) in [6.07, 6.45) is 1.42. The number of ketones is 1. The summed E-state index contributed by atoms with van der Waals surface area (Å²) in [5.74, 6) is 0.591. The number of fused-ring (bicyclic) bond motifs is 1. The molecule has 0 radical (unpaired) electrons. The van der Waals surface area contributed by atoms with Gasteiger partial charge in [-0.25, -0.2) is 4.39 Å². The predicted molar refractivity (Wildman–Crippen MR) is 77.1 cm³/mol. The van der Waals surface area contributed by atoms with Crippen LogP contribution in [0.15, 0.2) is 42.2 Å². The van der Waals surface area contributed by atoms with E-state index in [-0.39, 0.29) is 11.5 Å². The van der Waals surface area contributed by atoms with Crippen LogP contribution in [0.3, 0.4) is 0 Å². The summed E-state index contributed by atoms with van der Waals surface area (Å²) in [6, 6.07) is 9.62. The molecular formula is C17H13FO3. The van der Waals surface area contributed by atoms with E-state index in [4.69, 9.17) is 9.47 Å². The van der Waals surface area contributed by atoms with Crippen molar-refractivity contribution < 1.29 is 18.7 Å². The van der Waals surface area contributed by atoms with E-state index in [9.17, 15) is 9.18 Å². The highest BCUT2D eigenvalue weighted by molar-refractivity contribution is 6.14. The van der Waals surface area contributed by atoms with Gasteiger partial charge in [0, 0.05) is 11.1 Å². The molecule has 2 aromatic rings. The van der Waals surface area contributed by atoms with Crippen LogP contribution in [0.25, 0.3) is 6.08 Å². The molecule has 0 aliphatic carbocycles. The molecule has 0 fully saturated rings. The number of ether oxygens (including phenoxy) is 2. The lowest BCUT2D eigenvalue weighted by molar-refractivity contribution is 0.101. The molecule has 4 heteroatoms. The summed E-state index contributed by atoms with van der Waals surface area (Å²) >= 11 is 0. The fourth-order valence-electron chi connectivity index (χ4n) is 2.32. The van der Waals surface area contributed by atoms with Crippen molar-refractivity contribution in [2.24, 2.45) is 0 Å². The first kappa shape index (κ1) is 13.4. The second kappa shape index (κ2) is 5.05. The SMILES string of the molecule is COc1ccc2c(c1C)O/C(=C\c1ccccc1F)C2=O. The molecule has 0 bridgehead atoms. The topological polar surface area (TPSA) is 35.5 Å². The summed E-state index contributed by atoms with van der Waals surface area (Å²) in [6.45, 7) is 1.82. The number of Topliss-reactive ketones (excluding diaryl/α,β-unsaturated/α-hetero) is 1. The summed E-state index contributed by atoms with van der Waals surface area (Å²) in [4.78, 5) is 12.3. The van der Waals surface area contributed by atoms with Crippen LogP contribution >= 0.6 is 0 Å². The van der Waals surface area contributed by atoms with E-state index in [1.807, 2.05) is 6.92 Å². The average molecular weight is 284 g/mol. The van der Waals surface area contributed by atoms with E-state index >= 15 is 0 Å². The predicted octanol–water partition coefficient (Wildman–Crippen LogP) is 3.76. The molecule has 0 unspecified atom stereocenters. The average Bonchev–Trinajstić information content (AvgIpc) is 2.80. The fourth-order valence-corrected chi connectivity index (χ4v) is 2.32. The Morgan fingerprint density at radius 3 is 2.67 bits per heavy atom. The standard InChI is InChI=1S/C17H13FO3/c1-10-14(20-2)8-7-12-16(19)15(21-17(10)12)9-11-5-3-4-6-13(11)18/h3-9H,1-2H3/b15-9-. The van der Waals surface area contributed by atoms with Gasteiger partial charge in [0.05, 0.1) is 12.7 Å². The Labute approximate surface area is 121 Å². The number of hydrogen-bond acceptors (Lipinski definition) is 3. The van der Waals surface area contributed by atoms with Crippen molar-refractivity contribution in [2.45, 2.75) is 6.92 Å². The molecule has 0 N–H and O–H groups in total. The quantitative estimate of drug-likeness (QED) is 0.788. The second-order valence-electron chi connectivity index (χ2n) is 4.73. The number of methoxy groups -OCH3 is 1. The van der Waals surface area contributed by atoms with Crippen molar-refractivity contribution in [3.05, 3.63) is 64.7 Å². The highest BCUT2D eigenvalue weighted by Crippen LogP contribution is 2.39. The number of halogens is 1. The molecule has 2 aromatic carbocycles. The maximum absolute atomic E-state index is 13.7. The largest absolute Gasteiger partial charge is 0.496 e. The summed E-state index contributed by atoms with van der Waals surface area (Å²) < 4.78 is 24.5. The lowest BCUT2D eigenvalue weighted by Crippen LogP contribution is -1.98. The van der Waals surface area contributed by atoms with Gasteiger partial charge in [-0.3, -0.25) is 4.79 Å². The first-order chi connectivity index (χ1) is 10.1. The molecule has 1 aliphatic rings. The van der Waals surface area contributed by atoms with E-state index in [1.54, 1.807) is 37.4 Å². The molecule has 3 nitrogen and oxygen atoms in total. The van der Waals surface area contributed by atoms with Crippen molar-refractivity contribution in [3.63, 3.8) is 0 Å². The zero-order chi connectivity index (χ0) is 15.0. The van der Waals surface area contributed by atoms with Gasteiger partial charge in [-0.1, -0.05) is 18.2 Å². The number of carbonyl (C=O) groups excluding carboxylic acids is 1. The van der Waals surface area contributed by atoms with E-state index in [1.165, 1.54) is 12.1 Å². The molecule has 0 saturated heterocycles. The van der Waals surface area contributed by atoms with Crippen LogP contribution in [0.4, 0.5) is 4.39 Å². The van der Waals surface area contributed by atoms with Crippen LogP contribution in [0.5, 0.6) is 11.5 Å². The molecule has 106 valence electrons. The van der Waals surface area contributed by atoms with E-state index in [0.29, 0.717) is 22.6 Å². The van der Waals surface area contributed by atoms with Crippen molar-refractivity contribution in [3.8, 4) is 11.5 Å². The minimum Gasteiger partial charge on any atom is -0.496 e. The van der Waals surface area contributed by atoms with Crippen LogP contribution in [0.1, 0.15) is 21.5 Å². The molecule has 1 heterocycles. The molecule has 0 atom stereocenters. The van der Waals surface area contributed by atoms with Crippen molar-refractivity contribution in [1.82, 2.24) is 0 Å². The van der Waals surface area contributed by atoms with Crippen LogP contribution < -0.4 is 9.47 Å². The molecule has 3 rings (SSSR count). The van der Waals surface area contributed by atoms with Gasteiger partial charge in [-0.2, -0.15) is 0 Å². The highest BCUT2D eigenvalue weighted by atomic mass is 19.1. The Kier molecular flexibility index (Phi) is 3.22. The number of carbonyl (C=O) groups is 1. The lowest BCUT2D eigenvalue weighted by atomic mass is 10.1. The normalized spacial score (nSPS) is 15.0. The van der Waals surface area contributed by atoms with Gasteiger partial charge in [0.2, 0.25) is 5.78 Å². The Hall–Kier alpha value is -2.62. The Morgan fingerprint density at radius 1 is 1.19 bits per heavy atom. The third kappa shape index (κ3) is 2.18. The van der Waals surface area contributed by atoms with E-state index < -0.39 is 5.82 Å². The Morgan fingerprint density at radius 2 is 1.95 bits per heavy atom. The van der Waals surface area contributed by atoms with Crippen LogP contribution in [-0.2, 0) is 0 Å². The van der Waals surface area contributed by atoms with Gasteiger partial charge in [-0.15, -0.1) is 0 Å². The fraction of sp³-hybridized carbons (Fsp3) is 0.118. The number of benzene rings is 2. The molecule has 0 saturated carbocycles. The van der Waals surface area contributed by atoms with Gasteiger partial charge in [0.25, 0.3) is 0 Å². The number of allylic oxidation sites excluding steroid dienone is 1. The summed E-state index contributed by atoms with van der Waals surface area (Å²) in [5.41, 5.74) is 1.54. The van der Waals surface area contributed by atoms with Gasteiger partial charge in [0.15, 0.2) is 5.76 Å². The first-order valence-electron chi connectivity index (χ1n) is 6.48. The monoisotopic (exact) mass is 284 g/mol. The van der Waals surface area contributed by atoms with E-state index in [0.717, 1.165) is 5.56 Å². The molecular weight excluding hydrogens is 271 g/mol. The first-order valence-corrected chi connectivity index (χ1v) is 6.48. The smallest absolute Gasteiger partial charge is 0.231 e. The molecule has 0 aromatic heterocycles. The van der Waals surface area contributed by atoms with Crippen molar-refractivity contribution >= 4 is 11.9 Å². The zero-order valence-corrected chi connectivity index (χ0v) is 11.6. The van der Waals surface area contributed by atoms with Gasteiger partial charge < -0.3 is 9.47 Å². The lowest BCUT2D eigenvalue weighted by Gasteiger charge is -2.07. The minimum atomic E-state index is -0.397. The third-order valence-electron chi connectivity index (χ3n) is 3.45. The maximum atomic E-state index is 13.7. The highest BCUT2D eigenvalue weighted by Gasteiger charge is 2.30. The number of hydrogen-bond donors (Lipinski definition) is 0. The van der Waals surface area contributed by atoms with Crippen LogP contribution in [-0.4, -0.2) is 12.9 Å². The van der Waals surface area contributed by atoms with Crippen molar-refractivity contribution in [2.75, 3.05) is 7.11 Å². The molecule has 1 aliphatic heterocycles. The molecule has 0 amide bonds. The van der Waals surface area contributed by atoms with Gasteiger partial charge in [-0.05, 0) is 31.2 Å². The zero-order valence-electron chi connectivity index (χ0n) is 11.6. The van der Waals surface area contributed by atoms with E-state index in [2.05, 4.69) is 0 Å². The van der Waals surface area contributed by atoms with Crippen LogP contribution in [0, 0.1) is 12.7 Å². The van der Waals surface area contributed by atoms with Gasteiger partial charge >= 0.3 is 0 Å². The second-order valence-corrected chi connectivity index (χ2v) is 4.73. The Bertz CT molecular complexity index is 763. The molecule has 21 heavy (non-hydrogen) atoms. The summed E-state index contributed by atoms with van der Waals surface area (Å²) in [5, 5.41) is 0. The summed E-state index contributed by atoms with van der Waals surface area (Å²) in [7, 11) is 1.56. The molecule has 0 spiro atoms.